The van der Waals surface area contributed by atoms with Gasteiger partial charge in [-0.2, -0.15) is 0 Å². The van der Waals surface area contributed by atoms with E-state index in [2.05, 4.69) is 10.6 Å². The first-order valence-electron chi connectivity index (χ1n) is 10.9. The molecule has 31 heavy (non-hydrogen) atoms. The summed E-state index contributed by atoms with van der Waals surface area (Å²) in [6, 6.07) is 2.71. The lowest BCUT2D eigenvalue weighted by molar-refractivity contribution is -0.142. The quantitative estimate of drug-likeness (QED) is 0.676. The van der Waals surface area contributed by atoms with Crippen molar-refractivity contribution in [1.29, 1.82) is 0 Å². The highest BCUT2D eigenvalue weighted by Crippen LogP contribution is 2.32. The van der Waals surface area contributed by atoms with Gasteiger partial charge >= 0.3 is 6.03 Å². The summed E-state index contributed by atoms with van der Waals surface area (Å²) in [5.74, 6) is -1.41. The molecule has 7 nitrogen and oxygen atoms in total. The van der Waals surface area contributed by atoms with Gasteiger partial charge in [-0.25, -0.2) is 9.18 Å². The number of amides is 4. The van der Waals surface area contributed by atoms with Crippen LogP contribution in [-0.4, -0.2) is 59.4 Å². The molecule has 1 saturated carbocycles. The van der Waals surface area contributed by atoms with Crippen molar-refractivity contribution in [2.45, 2.75) is 57.7 Å². The molecule has 1 aromatic rings. The minimum absolute atomic E-state index is 0.0729. The van der Waals surface area contributed by atoms with E-state index in [-0.39, 0.29) is 36.5 Å². The average Bonchev–Trinajstić information content (AvgIpc) is 3.48. The normalized spacial score (nSPS) is 23.5. The predicted molar refractivity (Wildman–Crippen MR) is 114 cm³/mol. The third kappa shape index (κ3) is 4.79. The second-order valence-electron chi connectivity index (χ2n) is 8.70. The number of hydrogen-bond acceptors (Lipinski definition) is 3. The number of urea groups is 1. The van der Waals surface area contributed by atoms with Gasteiger partial charge in [0.15, 0.2) is 0 Å². The van der Waals surface area contributed by atoms with Crippen molar-refractivity contribution in [3.8, 4) is 0 Å². The van der Waals surface area contributed by atoms with E-state index in [1.807, 2.05) is 4.90 Å². The van der Waals surface area contributed by atoms with Crippen LogP contribution in [0.25, 0.3) is 0 Å². The van der Waals surface area contributed by atoms with Gasteiger partial charge in [0.1, 0.15) is 11.7 Å². The SMILES string of the molecule is Cc1cc(CNC(=O)N(C2CC2)[C@@H]2CCCN(C(=O)C3CCNC3=O)C2)c(F)cc1Cl. The molecule has 1 aliphatic carbocycles. The van der Waals surface area contributed by atoms with Crippen LogP contribution in [0.2, 0.25) is 5.02 Å². The van der Waals surface area contributed by atoms with Crippen molar-refractivity contribution < 1.29 is 18.8 Å². The summed E-state index contributed by atoms with van der Waals surface area (Å²) >= 11 is 5.95. The fraction of sp³-hybridized carbons (Fsp3) is 0.591. The molecule has 0 radical (unpaired) electrons. The van der Waals surface area contributed by atoms with Crippen LogP contribution in [-0.2, 0) is 16.1 Å². The van der Waals surface area contributed by atoms with Gasteiger partial charge in [-0.3, -0.25) is 9.59 Å². The Kier molecular flexibility index (Phi) is 6.36. The van der Waals surface area contributed by atoms with Gasteiger partial charge in [0.2, 0.25) is 11.8 Å². The van der Waals surface area contributed by atoms with Crippen molar-refractivity contribution in [2.24, 2.45) is 5.92 Å². The molecule has 0 aromatic heterocycles. The maximum Gasteiger partial charge on any atom is 0.318 e. The molecule has 9 heteroatoms. The summed E-state index contributed by atoms with van der Waals surface area (Å²) in [6.07, 6.45) is 3.97. The molecule has 2 heterocycles. The fourth-order valence-corrected chi connectivity index (χ4v) is 4.68. The van der Waals surface area contributed by atoms with Gasteiger partial charge in [0.05, 0.1) is 6.04 Å². The number of nitrogens with zero attached hydrogens (tertiary/aromatic N) is 2. The standard InChI is InChI=1S/C22H28ClFN4O3/c1-13-9-14(19(24)10-18(13)23)11-26-22(31)28(15-4-5-15)16-3-2-8-27(12-16)21(30)17-6-7-25-20(17)29/h9-10,15-17H,2-8,11-12H2,1H3,(H,25,29)(H,26,31)/t16-,17?/m1/s1. The first-order chi connectivity index (χ1) is 14.8. The number of halogens is 2. The molecule has 3 aliphatic rings. The van der Waals surface area contributed by atoms with Gasteiger partial charge in [-0.05, 0) is 56.7 Å². The third-order valence-corrected chi connectivity index (χ3v) is 6.79. The number of hydrogen-bond donors (Lipinski definition) is 2. The Hall–Kier alpha value is -2.35. The Balaban J connectivity index is 1.41. The lowest BCUT2D eigenvalue weighted by Gasteiger charge is -2.40. The van der Waals surface area contributed by atoms with Crippen LogP contribution < -0.4 is 10.6 Å². The van der Waals surface area contributed by atoms with Crippen LogP contribution in [0.15, 0.2) is 12.1 Å². The lowest BCUT2D eigenvalue weighted by atomic mass is 10.00. The molecule has 2 aliphatic heterocycles. The number of benzene rings is 1. The van der Waals surface area contributed by atoms with Crippen molar-refractivity contribution in [1.82, 2.24) is 20.4 Å². The monoisotopic (exact) mass is 450 g/mol. The zero-order valence-electron chi connectivity index (χ0n) is 17.6. The maximum absolute atomic E-state index is 14.2. The highest BCUT2D eigenvalue weighted by Gasteiger charge is 2.41. The van der Waals surface area contributed by atoms with Crippen molar-refractivity contribution in [3.05, 3.63) is 34.1 Å². The largest absolute Gasteiger partial charge is 0.355 e. The summed E-state index contributed by atoms with van der Waals surface area (Å²) in [4.78, 5) is 41.4. The molecule has 2 saturated heterocycles. The van der Waals surface area contributed by atoms with E-state index in [0.717, 1.165) is 31.2 Å². The zero-order valence-corrected chi connectivity index (χ0v) is 18.4. The minimum Gasteiger partial charge on any atom is -0.355 e. The Morgan fingerprint density at radius 2 is 2.03 bits per heavy atom. The molecular weight excluding hydrogens is 423 g/mol. The molecule has 168 valence electrons. The fourth-order valence-electron chi connectivity index (χ4n) is 4.53. The highest BCUT2D eigenvalue weighted by atomic mass is 35.5. The molecular formula is C22H28ClFN4O3. The van der Waals surface area contributed by atoms with Gasteiger partial charge in [0.25, 0.3) is 0 Å². The molecule has 2 atom stereocenters. The van der Waals surface area contributed by atoms with Crippen molar-refractivity contribution in [3.63, 3.8) is 0 Å². The number of aryl methyl sites for hydroxylation is 1. The molecule has 3 fully saturated rings. The Morgan fingerprint density at radius 3 is 2.71 bits per heavy atom. The molecule has 4 rings (SSSR count). The molecule has 2 N–H and O–H groups in total. The van der Waals surface area contributed by atoms with Crippen LogP contribution in [0.5, 0.6) is 0 Å². The smallest absolute Gasteiger partial charge is 0.318 e. The maximum atomic E-state index is 14.2. The Bertz CT molecular complexity index is 892. The van der Waals surface area contributed by atoms with E-state index in [1.165, 1.54) is 6.07 Å². The summed E-state index contributed by atoms with van der Waals surface area (Å²) in [7, 11) is 0. The van der Waals surface area contributed by atoms with Crippen LogP contribution in [0.4, 0.5) is 9.18 Å². The molecule has 1 aromatic carbocycles. The van der Waals surface area contributed by atoms with E-state index in [1.54, 1.807) is 17.9 Å². The van der Waals surface area contributed by atoms with Crippen LogP contribution in [0, 0.1) is 18.7 Å². The zero-order chi connectivity index (χ0) is 22.1. The summed E-state index contributed by atoms with van der Waals surface area (Å²) < 4.78 is 14.2. The van der Waals surface area contributed by atoms with E-state index in [0.29, 0.717) is 36.6 Å². The van der Waals surface area contributed by atoms with E-state index < -0.39 is 11.7 Å². The van der Waals surface area contributed by atoms with Gasteiger partial charge < -0.3 is 20.4 Å². The average molecular weight is 451 g/mol. The van der Waals surface area contributed by atoms with Crippen LogP contribution in [0.1, 0.15) is 43.2 Å². The Morgan fingerprint density at radius 1 is 1.26 bits per heavy atom. The number of likely N-dealkylation sites (tertiary alicyclic amines) is 1. The molecule has 4 amide bonds. The second-order valence-corrected chi connectivity index (χ2v) is 9.11. The van der Waals surface area contributed by atoms with Crippen LogP contribution in [0.3, 0.4) is 0 Å². The summed E-state index contributed by atoms with van der Waals surface area (Å²) in [5, 5.41) is 5.92. The van der Waals surface area contributed by atoms with Gasteiger partial charge in [0, 0.05) is 42.8 Å². The molecule has 1 unspecified atom stereocenters. The molecule has 0 spiro atoms. The topological polar surface area (TPSA) is 81.8 Å². The minimum atomic E-state index is -0.613. The van der Waals surface area contributed by atoms with E-state index in [4.69, 9.17) is 11.6 Å². The van der Waals surface area contributed by atoms with Crippen molar-refractivity contribution in [2.75, 3.05) is 19.6 Å². The summed E-state index contributed by atoms with van der Waals surface area (Å²) in [5.41, 5.74) is 1.14. The van der Waals surface area contributed by atoms with Gasteiger partial charge in [-0.15, -0.1) is 0 Å². The molecule has 0 bridgehead atoms. The van der Waals surface area contributed by atoms with Crippen LogP contribution >= 0.6 is 11.6 Å². The van der Waals surface area contributed by atoms with E-state index in [9.17, 15) is 18.8 Å². The van der Waals surface area contributed by atoms with Crippen molar-refractivity contribution >= 4 is 29.4 Å². The summed E-state index contributed by atoms with van der Waals surface area (Å²) in [6.45, 7) is 3.44. The first kappa shape index (κ1) is 21.9. The first-order valence-corrected chi connectivity index (χ1v) is 11.3. The number of carbonyl (C=O) groups excluding carboxylic acids is 3. The lowest BCUT2D eigenvalue weighted by Crippen LogP contribution is -2.55. The number of nitrogens with one attached hydrogen (secondary N) is 2. The van der Waals surface area contributed by atoms with E-state index >= 15 is 0 Å². The number of carbonyl (C=O) groups is 3. The highest BCUT2D eigenvalue weighted by molar-refractivity contribution is 6.31. The Labute approximate surface area is 186 Å². The van der Waals surface area contributed by atoms with Gasteiger partial charge in [-0.1, -0.05) is 11.6 Å². The third-order valence-electron chi connectivity index (χ3n) is 6.38. The number of rotatable bonds is 5. The predicted octanol–water partition coefficient (Wildman–Crippen LogP) is 2.59. The number of piperidine rings is 1. The second kappa shape index (κ2) is 9.02.